The summed E-state index contributed by atoms with van der Waals surface area (Å²) >= 11 is 0. The molecule has 0 aromatic heterocycles. The maximum Gasteiger partial charge on any atom is 0.120 e. The lowest BCUT2D eigenvalue weighted by molar-refractivity contribution is 0.303. The van der Waals surface area contributed by atoms with E-state index in [1.54, 1.807) is 0 Å². The quantitative estimate of drug-likeness (QED) is 0.912. The number of hydrogen-bond acceptors (Lipinski definition) is 2. The van der Waals surface area contributed by atoms with Crippen LogP contribution in [-0.2, 0) is 0 Å². The topological polar surface area (TPSA) is 35.2 Å². The average Bonchev–Trinajstić information content (AvgIpc) is 3.22. The molecule has 2 nitrogen and oxygen atoms in total. The van der Waals surface area contributed by atoms with E-state index in [0.717, 1.165) is 11.3 Å². The summed E-state index contributed by atoms with van der Waals surface area (Å²) in [6, 6.07) is 14.5. The monoisotopic (exact) mass is 267 g/mol. The van der Waals surface area contributed by atoms with Gasteiger partial charge in [-0.2, -0.15) is 0 Å². The Morgan fingerprint density at radius 3 is 2.60 bits per heavy atom. The molecule has 2 N–H and O–H groups in total. The second-order valence-corrected chi connectivity index (χ2v) is 5.73. The maximum atomic E-state index is 6.43. The third kappa shape index (κ3) is 2.86. The summed E-state index contributed by atoms with van der Waals surface area (Å²) in [5, 5.41) is 0. The molecule has 0 amide bonds. The SMILES string of the molecule is Cc1ccc(C(N)c2cccc(OC3CC3)c2)c(C)c1. The Kier molecular flexibility index (Phi) is 3.49. The summed E-state index contributed by atoms with van der Waals surface area (Å²) in [6.45, 7) is 4.22. The Morgan fingerprint density at radius 2 is 1.90 bits per heavy atom. The van der Waals surface area contributed by atoms with Crippen LogP contribution in [-0.4, -0.2) is 6.10 Å². The Hall–Kier alpha value is -1.80. The zero-order valence-electron chi connectivity index (χ0n) is 12.1. The summed E-state index contributed by atoms with van der Waals surface area (Å²) in [5.74, 6) is 0.935. The predicted octanol–water partition coefficient (Wildman–Crippen LogP) is 3.89. The van der Waals surface area contributed by atoms with E-state index < -0.39 is 0 Å². The van der Waals surface area contributed by atoms with E-state index in [2.05, 4.69) is 44.2 Å². The fourth-order valence-electron chi connectivity index (χ4n) is 2.51. The zero-order chi connectivity index (χ0) is 14.1. The predicted molar refractivity (Wildman–Crippen MR) is 82.0 cm³/mol. The van der Waals surface area contributed by atoms with Crippen LogP contribution in [0.2, 0.25) is 0 Å². The van der Waals surface area contributed by atoms with Gasteiger partial charge in [-0.25, -0.2) is 0 Å². The van der Waals surface area contributed by atoms with E-state index in [-0.39, 0.29) is 6.04 Å². The van der Waals surface area contributed by atoms with Gasteiger partial charge in [-0.15, -0.1) is 0 Å². The van der Waals surface area contributed by atoms with E-state index in [1.165, 1.54) is 29.5 Å². The van der Waals surface area contributed by atoms with Crippen molar-refractivity contribution in [1.29, 1.82) is 0 Å². The first kappa shape index (κ1) is 13.2. The Morgan fingerprint density at radius 1 is 1.10 bits per heavy atom. The molecule has 1 saturated carbocycles. The van der Waals surface area contributed by atoms with Crippen molar-refractivity contribution >= 4 is 0 Å². The van der Waals surface area contributed by atoms with Crippen LogP contribution >= 0.6 is 0 Å². The zero-order valence-corrected chi connectivity index (χ0v) is 12.1. The molecule has 104 valence electrons. The lowest BCUT2D eigenvalue weighted by atomic mass is 9.94. The molecule has 0 spiro atoms. The summed E-state index contributed by atoms with van der Waals surface area (Å²) in [5.41, 5.74) is 11.2. The molecule has 0 bridgehead atoms. The van der Waals surface area contributed by atoms with Crippen molar-refractivity contribution in [3.05, 3.63) is 64.7 Å². The molecule has 20 heavy (non-hydrogen) atoms. The molecule has 0 radical (unpaired) electrons. The van der Waals surface area contributed by atoms with Gasteiger partial charge in [-0.05, 0) is 55.5 Å². The highest BCUT2D eigenvalue weighted by Crippen LogP contribution is 2.30. The summed E-state index contributed by atoms with van der Waals surface area (Å²) < 4.78 is 5.85. The molecule has 1 atom stereocenters. The standard InChI is InChI=1S/C18H21NO/c1-12-6-9-17(13(2)10-12)18(19)14-4-3-5-16(11-14)20-15-7-8-15/h3-6,9-11,15,18H,7-8,19H2,1-2H3. The maximum absolute atomic E-state index is 6.43. The van der Waals surface area contributed by atoms with Crippen LogP contribution in [0.4, 0.5) is 0 Å². The van der Waals surface area contributed by atoms with E-state index >= 15 is 0 Å². The smallest absolute Gasteiger partial charge is 0.120 e. The molecule has 1 aliphatic rings. The van der Waals surface area contributed by atoms with Crippen molar-refractivity contribution in [3.63, 3.8) is 0 Å². The lowest BCUT2D eigenvalue weighted by Crippen LogP contribution is -2.13. The minimum atomic E-state index is -0.0987. The first-order valence-corrected chi connectivity index (χ1v) is 7.23. The molecular weight excluding hydrogens is 246 g/mol. The van der Waals surface area contributed by atoms with Crippen LogP contribution in [0, 0.1) is 13.8 Å². The largest absolute Gasteiger partial charge is 0.490 e. The fourth-order valence-corrected chi connectivity index (χ4v) is 2.51. The van der Waals surface area contributed by atoms with Crippen LogP contribution in [0.5, 0.6) is 5.75 Å². The molecule has 1 fully saturated rings. The fraction of sp³-hybridized carbons (Fsp3) is 0.333. The van der Waals surface area contributed by atoms with Crippen molar-refractivity contribution < 1.29 is 4.74 Å². The Balaban J connectivity index is 1.86. The Labute approximate surface area is 120 Å². The number of nitrogens with two attached hydrogens (primary N) is 1. The number of aryl methyl sites for hydroxylation is 2. The first-order chi connectivity index (χ1) is 9.63. The molecule has 0 saturated heterocycles. The van der Waals surface area contributed by atoms with Gasteiger partial charge in [-0.1, -0.05) is 35.9 Å². The normalized spacial score (nSPS) is 15.9. The first-order valence-electron chi connectivity index (χ1n) is 7.23. The van der Waals surface area contributed by atoms with Crippen LogP contribution in [0.15, 0.2) is 42.5 Å². The van der Waals surface area contributed by atoms with Gasteiger partial charge in [0.15, 0.2) is 0 Å². The van der Waals surface area contributed by atoms with Gasteiger partial charge in [0.05, 0.1) is 12.1 Å². The highest BCUT2D eigenvalue weighted by molar-refractivity contribution is 5.40. The second kappa shape index (κ2) is 5.29. The van der Waals surface area contributed by atoms with Gasteiger partial charge in [0, 0.05) is 0 Å². The highest BCUT2D eigenvalue weighted by atomic mass is 16.5. The third-order valence-electron chi connectivity index (χ3n) is 3.80. The van der Waals surface area contributed by atoms with Gasteiger partial charge in [-0.3, -0.25) is 0 Å². The summed E-state index contributed by atoms with van der Waals surface area (Å²) in [4.78, 5) is 0. The molecule has 1 aliphatic carbocycles. The number of hydrogen-bond donors (Lipinski definition) is 1. The number of ether oxygens (including phenoxy) is 1. The van der Waals surface area contributed by atoms with Crippen LogP contribution < -0.4 is 10.5 Å². The minimum Gasteiger partial charge on any atom is -0.490 e. The van der Waals surface area contributed by atoms with Crippen LogP contribution in [0.3, 0.4) is 0 Å². The molecule has 0 aliphatic heterocycles. The minimum absolute atomic E-state index is 0.0987. The van der Waals surface area contributed by atoms with Crippen molar-refractivity contribution in [2.75, 3.05) is 0 Å². The second-order valence-electron chi connectivity index (χ2n) is 5.73. The van der Waals surface area contributed by atoms with Crippen LogP contribution in [0.25, 0.3) is 0 Å². The number of rotatable bonds is 4. The molecule has 0 heterocycles. The van der Waals surface area contributed by atoms with E-state index in [4.69, 9.17) is 10.5 Å². The van der Waals surface area contributed by atoms with Crippen molar-refractivity contribution in [1.82, 2.24) is 0 Å². The summed E-state index contributed by atoms with van der Waals surface area (Å²) in [6.07, 6.45) is 2.77. The van der Waals surface area contributed by atoms with Crippen molar-refractivity contribution in [2.45, 2.75) is 38.8 Å². The molecule has 3 rings (SSSR count). The summed E-state index contributed by atoms with van der Waals surface area (Å²) in [7, 11) is 0. The molecule has 2 aromatic carbocycles. The van der Waals surface area contributed by atoms with E-state index in [0.29, 0.717) is 6.10 Å². The van der Waals surface area contributed by atoms with Crippen LogP contribution in [0.1, 0.15) is 41.1 Å². The molecule has 2 heteroatoms. The third-order valence-corrected chi connectivity index (χ3v) is 3.80. The lowest BCUT2D eigenvalue weighted by Gasteiger charge is -2.17. The van der Waals surface area contributed by atoms with Gasteiger partial charge < -0.3 is 10.5 Å². The van der Waals surface area contributed by atoms with Gasteiger partial charge >= 0.3 is 0 Å². The average molecular weight is 267 g/mol. The Bertz CT molecular complexity index is 617. The molecular formula is C18H21NO. The van der Waals surface area contributed by atoms with Gasteiger partial charge in [0.1, 0.15) is 5.75 Å². The van der Waals surface area contributed by atoms with E-state index in [1.807, 2.05) is 12.1 Å². The number of benzene rings is 2. The van der Waals surface area contributed by atoms with Crippen molar-refractivity contribution in [2.24, 2.45) is 5.73 Å². The van der Waals surface area contributed by atoms with Gasteiger partial charge in [0.2, 0.25) is 0 Å². The molecule has 2 aromatic rings. The molecule has 1 unspecified atom stereocenters. The highest BCUT2D eigenvalue weighted by Gasteiger charge is 2.23. The van der Waals surface area contributed by atoms with E-state index in [9.17, 15) is 0 Å². The van der Waals surface area contributed by atoms with Crippen molar-refractivity contribution in [3.8, 4) is 5.75 Å². The van der Waals surface area contributed by atoms with Gasteiger partial charge in [0.25, 0.3) is 0 Å².